The number of carbonyl (C=O) groups is 4. The molecule has 0 bridgehead atoms. The number of aromatic nitrogens is 1. The number of ether oxygens (including phenoxy) is 3. The minimum atomic E-state index is -1.36. The molecule has 1 amide bonds. The van der Waals surface area contributed by atoms with Crippen molar-refractivity contribution in [1.82, 2.24) is 10.5 Å². The molecule has 2 rings (SSSR count). The van der Waals surface area contributed by atoms with Crippen LogP contribution in [0.4, 0.5) is 0 Å². The van der Waals surface area contributed by atoms with Gasteiger partial charge in [0.25, 0.3) is 11.5 Å². The molecule has 1 aliphatic rings. The van der Waals surface area contributed by atoms with Gasteiger partial charge in [0, 0.05) is 0 Å². The van der Waals surface area contributed by atoms with Gasteiger partial charge in [-0.3, -0.25) is 19.2 Å². The van der Waals surface area contributed by atoms with Crippen molar-refractivity contribution in [3.63, 3.8) is 0 Å². The fourth-order valence-corrected chi connectivity index (χ4v) is 2.72. The zero-order valence-electron chi connectivity index (χ0n) is 16.6. The minimum Gasteiger partial charge on any atom is -0.463 e. The van der Waals surface area contributed by atoms with E-state index in [2.05, 4.69) is 9.84 Å². The molecule has 11 heteroatoms. The third-order valence-electron chi connectivity index (χ3n) is 4.43. The van der Waals surface area contributed by atoms with Crippen LogP contribution in [-0.4, -0.2) is 53.8 Å². The molecule has 11 nitrogen and oxygen atoms in total. The van der Waals surface area contributed by atoms with Gasteiger partial charge in [0.1, 0.15) is 24.5 Å². The zero-order chi connectivity index (χ0) is 21.7. The summed E-state index contributed by atoms with van der Waals surface area (Å²) >= 11 is 0. The first-order valence-electron chi connectivity index (χ1n) is 9.20. The van der Waals surface area contributed by atoms with Gasteiger partial charge in [0.15, 0.2) is 12.1 Å². The van der Waals surface area contributed by atoms with E-state index in [9.17, 15) is 24.0 Å². The van der Waals surface area contributed by atoms with Gasteiger partial charge in [-0.15, -0.1) is 0 Å². The number of hydrogen-bond acceptors (Lipinski definition) is 9. The second-order valence-electron chi connectivity index (χ2n) is 6.95. The highest BCUT2D eigenvalue weighted by atomic mass is 16.6. The van der Waals surface area contributed by atoms with Crippen LogP contribution in [0.1, 0.15) is 44.5 Å². The number of carbonyl (C=O) groups excluding carboxylic acids is 4. The lowest BCUT2D eigenvalue weighted by Crippen LogP contribution is -2.47. The van der Waals surface area contributed by atoms with E-state index in [0.717, 1.165) is 6.26 Å². The Labute approximate surface area is 166 Å². The Kier molecular flexibility index (Phi) is 7.18. The van der Waals surface area contributed by atoms with Gasteiger partial charge in [0.05, 0.1) is 11.8 Å². The van der Waals surface area contributed by atoms with Gasteiger partial charge in [0.2, 0.25) is 0 Å². The average molecular weight is 412 g/mol. The quantitative estimate of drug-likeness (QED) is 0.508. The largest absolute Gasteiger partial charge is 0.463 e. The maximum absolute atomic E-state index is 12.5. The molecule has 0 aliphatic carbocycles. The first-order valence-corrected chi connectivity index (χ1v) is 9.20. The van der Waals surface area contributed by atoms with Gasteiger partial charge >= 0.3 is 17.9 Å². The molecule has 1 aromatic heterocycles. The van der Waals surface area contributed by atoms with E-state index >= 15 is 0 Å². The van der Waals surface area contributed by atoms with Crippen molar-refractivity contribution in [3.05, 3.63) is 22.2 Å². The molecule has 1 aromatic rings. The Morgan fingerprint density at radius 3 is 2.52 bits per heavy atom. The molecular formula is C18H24N2O9. The maximum atomic E-state index is 12.5. The Hall–Kier alpha value is -3.11. The van der Waals surface area contributed by atoms with Crippen LogP contribution in [0.15, 0.2) is 15.6 Å². The van der Waals surface area contributed by atoms with Crippen molar-refractivity contribution in [2.24, 2.45) is 11.8 Å². The fourth-order valence-electron chi connectivity index (χ4n) is 2.72. The van der Waals surface area contributed by atoms with E-state index in [1.807, 2.05) is 5.16 Å². The van der Waals surface area contributed by atoms with Crippen LogP contribution in [0.5, 0.6) is 0 Å². The number of nitrogens with one attached hydrogen (secondary N) is 2. The first-order chi connectivity index (χ1) is 13.6. The number of aromatic amines is 1. The van der Waals surface area contributed by atoms with Gasteiger partial charge in [-0.05, 0) is 13.3 Å². The van der Waals surface area contributed by atoms with Crippen LogP contribution in [-0.2, 0) is 28.6 Å². The van der Waals surface area contributed by atoms with Crippen LogP contribution >= 0.6 is 0 Å². The summed E-state index contributed by atoms with van der Waals surface area (Å²) in [6, 6.07) is -1.36. The normalized spacial score (nSPS) is 25.3. The van der Waals surface area contributed by atoms with Crippen molar-refractivity contribution >= 4 is 23.8 Å². The van der Waals surface area contributed by atoms with Crippen LogP contribution in [0.3, 0.4) is 0 Å². The van der Waals surface area contributed by atoms with Crippen molar-refractivity contribution in [2.45, 2.75) is 52.4 Å². The van der Waals surface area contributed by atoms with Crippen molar-refractivity contribution in [3.8, 4) is 0 Å². The predicted octanol–water partition coefficient (Wildman–Crippen LogP) is 0.149. The predicted molar refractivity (Wildman–Crippen MR) is 95.6 cm³/mol. The molecule has 0 aromatic carbocycles. The number of H-pyrrole nitrogens is 1. The van der Waals surface area contributed by atoms with E-state index in [4.69, 9.17) is 14.2 Å². The number of hydrogen-bond donors (Lipinski definition) is 2. The summed E-state index contributed by atoms with van der Waals surface area (Å²) in [6.07, 6.45) is -0.852. The summed E-state index contributed by atoms with van der Waals surface area (Å²) in [5, 5.41) is 4.23. The Morgan fingerprint density at radius 1 is 1.28 bits per heavy atom. The average Bonchev–Trinajstić information content (AvgIpc) is 3.10. The van der Waals surface area contributed by atoms with E-state index in [0.29, 0.717) is 0 Å². The molecule has 29 heavy (non-hydrogen) atoms. The molecular weight excluding hydrogens is 388 g/mol. The fraction of sp³-hybridized carbons (Fsp3) is 0.611. The number of rotatable bonds is 5. The summed E-state index contributed by atoms with van der Waals surface area (Å²) in [7, 11) is 0. The monoisotopic (exact) mass is 412 g/mol. The van der Waals surface area contributed by atoms with E-state index < -0.39 is 66.1 Å². The van der Waals surface area contributed by atoms with Crippen LogP contribution in [0, 0.1) is 11.8 Å². The molecule has 2 heterocycles. The highest BCUT2D eigenvalue weighted by Gasteiger charge is 2.41. The smallest absolute Gasteiger partial charge is 0.332 e. The summed E-state index contributed by atoms with van der Waals surface area (Å²) in [6.45, 7) is 5.95. The lowest BCUT2D eigenvalue weighted by atomic mass is 9.95. The molecule has 2 N–H and O–H groups in total. The maximum Gasteiger partial charge on any atom is 0.332 e. The van der Waals surface area contributed by atoms with E-state index in [1.165, 1.54) is 6.92 Å². The Morgan fingerprint density at radius 2 is 1.97 bits per heavy atom. The van der Waals surface area contributed by atoms with Gasteiger partial charge in [-0.25, -0.2) is 4.79 Å². The summed E-state index contributed by atoms with van der Waals surface area (Å²) in [4.78, 5) is 60.7. The van der Waals surface area contributed by atoms with Crippen molar-refractivity contribution < 1.29 is 37.9 Å². The van der Waals surface area contributed by atoms with Crippen molar-refractivity contribution in [1.29, 1.82) is 0 Å². The second kappa shape index (κ2) is 9.39. The zero-order valence-corrected chi connectivity index (χ0v) is 16.6. The molecule has 1 saturated heterocycles. The van der Waals surface area contributed by atoms with Crippen LogP contribution < -0.4 is 10.9 Å². The Bertz CT molecular complexity index is 825. The van der Waals surface area contributed by atoms with Gasteiger partial charge in [-0.2, -0.15) is 5.16 Å². The van der Waals surface area contributed by atoms with Gasteiger partial charge < -0.3 is 24.1 Å². The standard InChI is InChI=1S/C18H24N2O9/c1-5-10-13(29-16(23)8(2)3)9(4)28-18(25)12(7-26-17(10)24)19-14(21)11-6-27-20-15(11)22/h6,8-10,12-13H,5,7H2,1-4H3,(H,19,21)(H,20,22)/t9-,10+,12-,13-/m0/s1. The van der Waals surface area contributed by atoms with E-state index in [-0.39, 0.29) is 12.0 Å². The van der Waals surface area contributed by atoms with Crippen molar-refractivity contribution in [2.75, 3.05) is 6.61 Å². The number of amides is 1. The van der Waals surface area contributed by atoms with Crippen LogP contribution in [0.25, 0.3) is 0 Å². The molecule has 4 atom stereocenters. The van der Waals surface area contributed by atoms with Gasteiger partial charge in [-0.1, -0.05) is 20.8 Å². The lowest BCUT2D eigenvalue weighted by molar-refractivity contribution is -0.176. The Balaban J connectivity index is 2.22. The molecule has 1 fully saturated rings. The number of esters is 3. The SMILES string of the molecule is CC[C@H]1C(=O)OC[C@H](NC(=O)c2co[nH]c2=O)C(=O)O[C@@H](C)[C@@H]1OC(=O)C(C)C. The molecule has 0 spiro atoms. The molecule has 0 radical (unpaired) electrons. The second-order valence-corrected chi connectivity index (χ2v) is 6.95. The van der Waals surface area contributed by atoms with Crippen LogP contribution in [0.2, 0.25) is 0 Å². The summed E-state index contributed by atoms with van der Waals surface area (Å²) < 4.78 is 20.4. The molecule has 1 aliphatic heterocycles. The molecule has 0 unspecified atom stereocenters. The molecule has 160 valence electrons. The summed E-state index contributed by atoms with van der Waals surface area (Å²) in [5.41, 5.74) is -1.14. The lowest BCUT2D eigenvalue weighted by Gasteiger charge is -2.29. The highest BCUT2D eigenvalue weighted by molar-refractivity contribution is 5.96. The number of cyclic esters (lactones) is 2. The molecule has 0 saturated carbocycles. The van der Waals surface area contributed by atoms with E-state index in [1.54, 1.807) is 20.8 Å². The highest BCUT2D eigenvalue weighted by Crippen LogP contribution is 2.23. The topological polar surface area (TPSA) is 154 Å². The third-order valence-corrected chi connectivity index (χ3v) is 4.43. The minimum absolute atomic E-state index is 0.276. The first kappa shape index (κ1) is 22.2. The third kappa shape index (κ3) is 5.24. The summed E-state index contributed by atoms with van der Waals surface area (Å²) in [5.74, 6) is -4.35.